The average Bonchev–Trinajstić information content (AvgIpc) is 3.15. The minimum Gasteiger partial charge on any atom is -0.373 e. The number of rotatable bonds is 3. The molecule has 6 heteroatoms. The number of fused-ring (bicyclic) bond motifs is 1. The van der Waals surface area contributed by atoms with Gasteiger partial charge in [-0.05, 0) is 45.3 Å². The van der Waals surface area contributed by atoms with E-state index in [1.807, 2.05) is 36.2 Å². The zero-order valence-corrected chi connectivity index (χ0v) is 15.9. The van der Waals surface area contributed by atoms with Crippen molar-refractivity contribution in [2.45, 2.75) is 24.9 Å². The highest BCUT2D eigenvalue weighted by atomic mass is 16.5. The molecule has 2 fully saturated rings. The Kier molecular flexibility index (Phi) is 4.49. The van der Waals surface area contributed by atoms with Crippen LogP contribution >= 0.6 is 0 Å². The second-order valence-electron chi connectivity index (χ2n) is 8.15. The van der Waals surface area contributed by atoms with Gasteiger partial charge in [0.2, 0.25) is 0 Å². The molecule has 0 aliphatic carbocycles. The molecule has 2 saturated heterocycles. The summed E-state index contributed by atoms with van der Waals surface area (Å²) in [6.45, 7) is 3.31. The van der Waals surface area contributed by atoms with Gasteiger partial charge in [-0.25, -0.2) is 0 Å². The number of para-hydroxylation sites is 1. The first-order valence-electron chi connectivity index (χ1n) is 9.47. The topological polar surface area (TPSA) is 50.6 Å². The van der Waals surface area contributed by atoms with E-state index in [-0.39, 0.29) is 11.5 Å². The monoisotopic (exact) mass is 356 g/mol. The van der Waals surface area contributed by atoms with Crippen molar-refractivity contribution in [1.29, 1.82) is 0 Å². The number of amides is 1. The molecular formula is C20H28N4O2. The van der Waals surface area contributed by atoms with E-state index in [0.29, 0.717) is 18.2 Å². The van der Waals surface area contributed by atoms with E-state index in [1.54, 1.807) is 4.68 Å². The van der Waals surface area contributed by atoms with Crippen LogP contribution in [0.15, 0.2) is 24.3 Å². The minimum atomic E-state index is -0.167. The van der Waals surface area contributed by atoms with Crippen LogP contribution in [-0.2, 0) is 11.8 Å². The van der Waals surface area contributed by atoms with Gasteiger partial charge in [-0.15, -0.1) is 0 Å². The van der Waals surface area contributed by atoms with Gasteiger partial charge in [0.1, 0.15) is 0 Å². The average molecular weight is 356 g/mol. The van der Waals surface area contributed by atoms with Crippen molar-refractivity contribution >= 4 is 16.8 Å². The number of ether oxygens (including phenoxy) is 1. The number of carbonyl (C=O) groups is 1. The van der Waals surface area contributed by atoms with Crippen molar-refractivity contribution in [3.05, 3.63) is 30.0 Å². The fourth-order valence-corrected chi connectivity index (χ4v) is 4.65. The first-order chi connectivity index (χ1) is 12.5. The molecule has 2 unspecified atom stereocenters. The number of piperidine rings is 1. The fraction of sp³-hybridized carbons (Fsp3) is 0.600. The number of hydrogen-bond donors (Lipinski definition) is 0. The summed E-state index contributed by atoms with van der Waals surface area (Å²) in [5.41, 5.74) is 1.38. The summed E-state index contributed by atoms with van der Waals surface area (Å²) in [5.74, 6) is 0.580. The predicted molar refractivity (Wildman–Crippen MR) is 101 cm³/mol. The number of likely N-dealkylation sites (tertiary alicyclic amines) is 1. The van der Waals surface area contributed by atoms with Gasteiger partial charge in [-0.1, -0.05) is 18.2 Å². The molecule has 0 radical (unpaired) electrons. The van der Waals surface area contributed by atoms with Crippen molar-refractivity contribution in [2.75, 3.05) is 40.3 Å². The van der Waals surface area contributed by atoms with Crippen LogP contribution < -0.4 is 0 Å². The lowest BCUT2D eigenvalue weighted by atomic mass is 9.86. The number of aromatic nitrogens is 2. The lowest BCUT2D eigenvalue weighted by Gasteiger charge is -2.39. The Hall–Kier alpha value is -1.92. The molecule has 0 N–H and O–H groups in total. The third-order valence-electron chi connectivity index (χ3n) is 5.70. The molecule has 1 amide bonds. The normalized spacial score (nSPS) is 26.3. The number of nitrogens with zero attached hydrogens (tertiary/aromatic N) is 4. The predicted octanol–water partition coefficient (Wildman–Crippen LogP) is 2.15. The van der Waals surface area contributed by atoms with Crippen LogP contribution in [0.2, 0.25) is 0 Å². The molecule has 26 heavy (non-hydrogen) atoms. The summed E-state index contributed by atoms with van der Waals surface area (Å²) in [6.07, 6.45) is 3.08. The molecule has 0 bridgehead atoms. The molecule has 4 rings (SSSR count). The Labute approximate surface area is 154 Å². The minimum absolute atomic E-state index is 0.0283. The van der Waals surface area contributed by atoms with E-state index in [4.69, 9.17) is 4.74 Å². The van der Waals surface area contributed by atoms with Gasteiger partial charge in [0.05, 0.1) is 24.3 Å². The second kappa shape index (κ2) is 6.67. The molecule has 1 aromatic carbocycles. The van der Waals surface area contributed by atoms with E-state index < -0.39 is 0 Å². The van der Waals surface area contributed by atoms with E-state index >= 15 is 0 Å². The van der Waals surface area contributed by atoms with Crippen LogP contribution in [0.25, 0.3) is 10.9 Å². The second-order valence-corrected chi connectivity index (χ2v) is 8.15. The highest BCUT2D eigenvalue weighted by molar-refractivity contribution is 6.04. The van der Waals surface area contributed by atoms with Crippen LogP contribution in [0.1, 0.15) is 29.8 Å². The summed E-state index contributed by atoms with van der Waals surface area (Å²) < 4.78 is 8.05. The number of carbonyl (C=O) groups excluding carboxylic acids is 1. The third kappa shape index (κ3) is 3.12. The van der Waals surface area contributed by atoms with Gasteiger partial charge < -0.3 is 14.5 Å². The number of benzene rings is 1. The molecule has 6 nitrogen and oxygen atoms in total. The Morgan fingerprint density at radius 1 is 1.38 bits per heavy atom. The van der Waals surface area contributed by atoms with E-state index in [9.17, 15) is 4.79 Å². The SMILES string of the molecule is CN(C)CC1COC2(CCCN(C(=O)c3nn(C)c4ccccc34)C2)C1. The highest BCUT2D eigenvalue weighted by Crippen LogP contribution is 2.38. The molecular weight excluding hydrogens is 328 g/mol. The Balaban J connectivity index is 1.54. The van der Waals surface area contributed by atoms with E-state index in [0.717, 1.165) is 49.9 Å². The smallest absolute Gasteiger partial charge is 0.275 e. The van der Waals surface area contributed by atoms with Crippen LogP contribution in [-0.4, -0.2) is 71.4 Å². The molecule has 140 valence electrons. The molecule has 1 aromatic heterocycles. The molecule has 2 atom stereocenters. The molecule has 2 aliphatic rings. The van der Waals surface area contributed by atoms with Crippen LogP contribution in [0.3, 0.4) is 0 Å². The first kappa shape index (κ1) is 17.5. The maximum Gasteiger partial charge on any atom is 0.275 e. The summed E-state index contributed by atoms with van der Waals surface area (Å²) in [4.78, 5) is 17.4. The van der Waals surface area contributed by atoms with Gasteiger partial charge in [-0.3, -0.25) is 9.48 Å². The molecule has 0 saturated carbocycles. The Morgan fingerprint density at radius 3 is 3.00 bits per heavy atom. The van der Waals surface area contributed by atoms with Crippen molar-refractivity contribution in [3.8, 4) is 0 Å². The summed E-state index contributed by atoms with van der Waals surface area (Å²) in [5, 5.41) is 5.44. The number of hydrogen-bond acceptors (Lipinski definition) is 4. The van der Waals surface area contributed by atoms with Crippen LogP contribution in [0, 0.1) is 5.92 Å². The highest BCUT2D eigenvalue weighted by Gasteiger charge is 2.44. The lowest BCUT2D eigenvalue weighted by Crippen LogP contribution is -2.50. The largest absolute Gasteiger partial charge is 0.373 e. The van der Waals surface area contributed by atoms with Gasteiger partial charge in [0, 0.05) is 25.5 Å². The van der Waals surface area contributed by atoms with Crippen LogP contribution in [0.4, 0.5) is 0 Å². The Morgan fingerprint density at radius 2 is 2.19 bits per heavy atom. The van der Waals surface area contributed by atoms with E-state index in [2.05, 4.69) is 24.1 Å². The molecule has 2 aliphatic heterocycles. The van der Waals surface area contributed by atoms with Crippen molar-refractivity contribution < 1.29 is 9.53 Å². The van der Waals surface area contributed by atoms with Gasteiger partial charge in [0.25, 0.3) is 5.91 Å². The standard InChI is InChI=1S/C20H28N4O2/c1-22(2)12-15-11-20(26-13-15)9-6-10-24(14-20)19(25)18-16-7-4-5-8-17(16)23(3)21-18/h4-5,7-8,15H,6,9-14H2,1-3H3. The molecule has 1 spiro atoms. The van der Waals surface area contributed by atoms with Gasteiger partial charge in [-0.2, -0.15) is 5.10 Å². The summed E-state index contributed by atoms with van der Waals surface area (Å²) in [7, 11) is 6.10. The molecule has 2 aromatic rings. The zero-order valence-electron chi connectivity index (χ0n) is 15.9. The third-order valence-corrected chi connectivity index (χ3v) is 5.70. The van der Waals surface area contributed by atoms with E-state index in [1.165, 1.54) is 0 Å². The quantitative estimate of drug-likeness (QED) is 0.846. The van der Waals surface area contributed by atoms with Gasteiger partial charge in [0.15, 0.2) is 5.69 Å². The first-order valence-corrected chi connectivity index (χ1v) is 9.47. The lowest BCUT2D eigenvalue weighted by molar-refractivity contribution is -0.0451. The molecule has 3 heterocycles. The summed E-state index contributed by atoms with van der Waals surface area (Å²) >= 11 is 0. The van der Waals surface area contributed by atoms with Gasteiger partial charge >= 0.3 is 0 Å². The fourth-order valence-electron chi connectivity index (χ4n) is 4.65. The maximum atomic E-state index is 13.2. The van der Waals surface area contributed by atoms with Crippen molar-refractivity contribution in [3.63, 3.8) is 0 Å². The zero-order chi connectivity index (χ0) is 18.3. The van der Waals surface area contributed by atoms with Crippen molar-refractivity contribution in [1.82, 2.24) is 19.6 Å². The van der Waals surface area contributed by atoms with Crippen molar-refractivity contribution in [2.24, 2.45) is 13.0 Å². The van der Waals surface area contributed by atoms with Crippen LogP contribution in [0.5, 0.6) is 0 Å². The maximum absolute atomic E-state index is 13.2. The summed E-state index contributed by atoms with van der Waals surface area (Å²) in [6, 6.07) is 7.92. The Bertz CT molecular complexity index is 815. The number of aryl methyl sites for hydroxylation is 1.